The molecule has 1 aromatic rings. The van der Waals surface area contributed by atoms with E-state index in [-0.39, 0.29) is 12.5 Å². The van der Waals surface area contributed by atoms with E-state index in [1.807, 2.05) is 12.1 Å². The zero-order valence-electron chi connectivity index (χ0n) is 10.1. The van der Waals surface area contributed by atoms with Gasteiger partial charge in [-0.15, -0.1) is 0 Å². The van der Waals surface area contributed by atoms with Gasteiger partial charge in [0.25, 0.3) is 5.91 Å². The van der Waals surface area contributed by atoms with Crippen molar-refractivity contribution < 1.29 is 9.53 Å². The average molecular weight is 267 g/mol. The van der Waals surface area contributed by atoms with Gasteiger partial charge in [-0.05, 0) is 37.3 Å². The molecule has 0 bridgehead atoms. The number of hydrogen-bond donors (Lipinski definition) is 3. The van der Waals surface area contributed by atoms with Gasteiger partial charge in [-0.25, -0.2) is 4.98 Å². The number of anilines is 1. The maximum absolute atomic E-state index is 11.2. The van der Waals surface area contributed by atoms with Gasteiger partial charge in [-0.3, -0.25) is 4.79 Å². The highest BCUT2D eigenvalue weighted by molar-refractivity contribution is 7.80. The number of amides is 1. The van der Waals surface area contributed by atoms with Gasteiger partial charge in [-0.2, -0.15) is 12.6 Å². The predicted octanol–water partition coefficient (Wildman–Crippen LogP) is 1.21. The van der Waals surface area contributed by atoms with Crippen molar-refractivity contribution in [2.75, 3.05) is 24.2 Å². The van der Waals surface area contributed by atoms with Gasteiger partial charge in [0.1, 0.15) is 0 Å². The molecule has 0 spiro atoms. The van der Waals surface area contributed by atoms with Crippen molar-refractivity contribution in [1.29, 1.82) is 0 Å². The van der Waals surface area contributed by atoms with Crippen LogP contribution >= 0.6 is 12.6 Å². The molecule has 0 aromatic carbocycles. The molecule has 1 aliphatic heterocycles. The van der Waals surface area contributed by atoms with Gasteiger partial charge < -0.3 is 15.4 Å². The van der Waals surface area contributed by atoms with E-state index in [0.717, 1.165) is 30.8 Å². The van der Waals surface area contributed by atoms with Crippen molar-refractivity contribution in [3.8, 4) is 5.75 Å². The van der Waals surface area contributed by atoms with Gasteiger partial charge >= 0.3 is 0 Å². The zero-order valence-corrected chi connectivity index (χ0v) is 11.0. The molecule has 0 atom stereocenters. The topological polar surface area (TPSA) is 63.2 Å². The van der Waals surface area contributed by atoms with Gasteiger partial charge in [0.05, 0.1) is 5.69 Å². The fraction of sp³-hybridized carbons (Fsp3) is 0.500. The Morgan fingerprint density at radius 2 is 2.33 bits per heavy atom. The molecule has 1 amide bonds. The van der Waals surface area contributed by atoms with E-state index in [1.165, 1.54) is 0 Å². The largest absolute Gasteiger partial charge is 0.480 e. The Hall–Kier alpha value is -1.27. The van der Waals surface area contributed by atoms with E-state index < -0.39 is 0 Å². The molecule has 1 aliphatic rings. The minimum Gasteiger partial charge on any atom is -0.480 e. The molecular formula is C12H17N3O2S. The third-order valence-electron chi connectivity index (χ3n) is 2.60. The number of pyridine rings is 1. The first-order chi connectivity index (χ1) is 8.79. The van der Waals surface area contributed by atoms with E-state index in [4.69, 9.17) is 4.74 Å². The zero-order chi connectivity index (χ0) is 12.8. The normalized spacial score (nSPS) is 13.7. The lowest BCUT2D eigenvalue weighted by Gasteiger charge is -2.17. The lowest BCUT2D eigenvalue weighted by molar-refractivity contribution is -0.118. The van der Waals surface area contributed by atoms with Crippen LogP contribution in [0.5, 0.6) is 5.75 Å². The van der Waals surface area contributed by atoms with Crippen LogP contribution < -0.4 is 15.4 Å². The second-order valence-corrected chi connectivity index (χ2v) is 4.54. The van der Waals surface area contributed by atoms with Crippen LogP contribution in [-0.2, 0) is 11.3 Å². The summed E-state index contributed by atoms with van der Waals surface area (Å²) in [6, 6.07) is 3.74. The summed E-state index contributed by atoms with van der Waals surface area (Å²) in [5.74, 6) is 1.91. The Morgan fingerprint density at radius 3 is 3.17 bits per heavy atom. The number of nitrogens with zero attached hydrogens (tertiary/aromatic N) is 1. The van der Waals surface area contributed by atoms with Crippen LogP contribution in [-0.4, -0.2) is 29.8 Å². The Bertz CT molecular complexity index is 426. The summed E-state index contributed by atoms with van der Waals surface area (Å²) >= 11 is 4.16. The van der Waals surface area contributed by atoms with Crippen LogP contribution in [0.2, 0.25) is 0 Å². The highest BCUT2D eigenvalue weighted by atomic mass is 32.1. The van der Waals surface area contributed by atoms with E-state index >= 15 is 0 Å². The molecule has 6 heteroatoms. The molecule has 98 valence electrons. The van der Waals surface area contributed by atoms with Crippen LogP contribution in [0, 0.1) is 0 Å². The van der Waals surface area contributed by atoms with Crippen LogP contribution in [0.1, 0.15) is 18.5 Å². The van der Waals surface area contributed by atoms with Crippen molar-refractivity contribution in [3.05, 3.63) is 17.8 Å². The van der Waals surface area contributed by atoms with Gasteiger partial charge in [0.2, 0.25) is 0 Å². The van der Waals surface area contributed by atoms with Crippen molar-refractivity contribution >= 4 is 24.4 Å². The van der Waals surface area contributed by atoms with E-state index in [1.54, 1.807) is 0 Å². The number of aromatic nitrogens is 1. The SMILES string of the molecule is O=C1COc2ccc(CNCCCCS)nc2N1. The third kappa shape index (κ3) is 3.61. The number of hydrogen-bond acceptors (Lipinski definition) is 5. The lowest BCUT2D eigenvalue weighted by atomic mass is 10.3. The third-order valence-corrected chi connectivity index (χ3v) is 2.92. The monoisotopic (exact) mass is 267 g/mol. The Balaban J connectivity index is 1.86. The maximum Gasteiger partial charge on any atom is 0.263 e. The highest BCUT2D eigenvalue weighted by Gasteiger charge is 2.17. The van der Waals surface area contributed by atoms with Gasteiger partial charge in [0, 0.05) is 6.54 Å². The molecule has 0 unspecified atom stereocenters. The van der Waals surface area contributed by atoms with Crippen LogP contribution in [0.4, 0.5) is 5.82 Å². The number of fused-ring (bicyclic) bond motifs is 1. The quantitative estimate of drug-likeness (QED) is 0.535. The highest BCUT2D eigenvalue weighted by Crippen LogP contribution is 2.25. The van der Waals surface area contributed by atoms with Crippen LogP contribution in [0.25, 0.3) is 0 Å². The second kappa shape index (κ2) is 6.61. The first-order valence-corrected chi connectivity index (χ1v) is 6.67. The molecule has 2 heterocycles. The summed E-state index contributed by atoms with van der Waals surface area (Å²) < 4.78 is 5.24. The average Bonchev–Trinajstić information content (AvgIpc) is 2.38. The summed E-state index contributed by atoms with van der Waals surface area (Å²) in [6.45, 7) is 1.70. The fourth-order valence-electron chi connectivity index (χ4n) is 1.68. The fourth-order valence-corrected chi connectivity index (χ4v) is 1.90. The first-order valence-electron chi connectivity index (χ1n) is 6.04. The number of carbonyl (C=O) groups excluding carboxylic acids is 1. The molecular weight excluding hydrogens is 250 g/mol. The summed E-state index contributed by atoms with van der Waals surface area (Å²) in [5, 5.41) is 6.00. The number of nitrogens with one attached hydrogen (secondary N) is 2. The summed E-state index contributed by atoms with van der Waals surface area (Å²) in [4.78, 5) is 15.5. The van der Waals surface area contributed by atoms with E-state index in [0.29, 0.717) is 18.1 Å². The molecule has 2 N–H and O–H groups in total. The van der Waals surface area contributed by atoms with E-state index in [2.05, 4.69) is 28.2 Å². The van der Waals surface area contributed by atoms with Crippen molar-refractivity contribution in [2.24, 2.45) is 0 Å². The Labute approximate surface area is 112 Å². The van der Waals surface area contributed by atoms with Crippen molar-refractivity contribution in [1.82, 2.24) is 10.3 Å². The number of carbonyl (C=O) groups is 1. The van der Waals surface area contributed by atoms with Gasteiger partial charge in [0.15, 0.2) is 18.2 Å². The molecule has 18 heavy (non-hydrogen) atoms. The molecule has 0 aliphatic carbocycles. The van der Waals surface area contributed by atoms with Crippen molar-refractivity contribution in [2.45, 2.75) is 19.4 Å². The van der Waals surface area contributed by atoms with Gasteiger partial charge in [-0.1, -0.05) is 0 Å². The molecule has 0 fully saturated rings. The summed E-state index contributed by atoms with van der Waals surface area (Å²) in [7, 11) is 0. The molecule has 5 nitrogen and oxygen atoms in total. The predicted molar refractivity (Wildman–Crippen MR) is 73.2 cm³/mol. The van der Waals surface area contributed by atoms with Crippen LogP contribution in [0.3, 0.4) is 0 Å². The summed E-state index contributed by atoms with van der Waals surface area (Å²) in [5.41, 5.74) is 0.894. The standard InChI is InChI=1S/C12H17N3O2S/c16-11-8-17-10-4-3-9(14-12(10)15-11)7-13-5-1-2-6-18/h3-4,13,18H,1-2,5-8H2,(H,14,15,16). The number of unbranched alkanes of at least 4 members (excludes halogenated alkanes) is 1. The summed E-state index contributed by atoms with van der Waals surface area (Å²) in [6.07, 6.45) is 2.21. The minimum atomic E-state index is -0.158. The Kier molecular flexibility index (Phi) is 4.83. The molecule has 1 aromatic heterocycles. The second-order valence-electron chi connectivity index (χ2n) is 4.09. The molecule has 0 radical (unpaired) electrons. The van der Waals surface area contributed by atoms with Crippen LogP contribution in [0.15, 0.2) is 12.1 Å². The molecule has 0 saturated carbocycles. The number of rotatable bonds is 6. The molecule has 2 rings (SSSR count). The van der Waals surface area contributed by atoms with Crippen molar-refractivity contribution in [3.63, 3.8) is 0 Å². The maximum atomic E-state index is 11.2. The first kappa shape index (κ1) is 13.2. The van der Waals surface area contributed by atoms with E-state index in [9.17, 15) is 4.79 Å². The Morgan fingerprint density at radius 1 is 1.44 bits per heavy atom. The molecule has 0 saturated heterocycles. The number of thiol groups is 1. The minimum absolute atomic E-state index is 0.0655. The smallest absolute Gasteiger partial charge is 0.263 e. The lowest BCUT2D eigenvalue weighted by Crippen LogP contribution is -2.26. The number of ether oxygens (including phenoxy) is 1.